The van der Waals surface area contributed by atoms with Gasteiger partial charge in [0.2, 0.25) is 0 Å². The van der Waals surface area contributed by atoms with Crippen molar-refractivity contribution in [3.05, 3.63) is 51.6 Å². The Bertz CT molecular complexity index is 678. The number of rotatable bonds is 5. The molecule has 0 aliphatic carbocycles. The zero-order valence-electron chi connectivity index (χ0n) is 11.7. The summed E-state index contributed by atoms with van der Waals surface area (Å²) in [6.45, 7) is 6.41. The lowest BCUT2D eigenvalue weighted by atomic mass is 10.2. The second-order valence-electron chi connectivity index (χ2n) is 4.57. The van der Waals surface area contributed by atoms with Gasteiger partial charge in [-0.05, 0) is 31.7 Å². The van der Waals surface area contributed by atoms with Crippen molar-refractivity contribution in [2.24, 2.45) is 0 Å². The molecule has 0 spiro atoms. The van der Waals surface area contributed by atoms with E-state index in [9.17, 15) is 4.79 Å². The van der Waals surface area contributed by atoms with E-state index in [1.165, 1.54) is 0 Å². The third kappa shape index (κ3) is 3.46. The number of halogens is 1. The van der Waals surface area contributed by atoms with Crippen LogP contribution in [0, 0.1) is 0 Å². The monoisotopic (exact) mass is 291 g/mol. The average molecular weight is 292 g/mol. The molecule has 0 aliphatic heterocycles. The van der Waals surface area contributed by atoms with E-state index in [0.717, 1.165) is 13.1 Å². The highest BCUT2D eigenvalue weighted by Crippen LogP contribution is 2.14. The molecule has 0 atom stereocenters. The number of aromatic nitrogens is 2. The lowest BCUT2D eigenvalue weighted by Gasteiger charge is -2.17. The molecule has 1 N–H and O–H groups in total. The fraction of sp³-hybridized carbons (Fsp3) is 0.333. The van der Waals surface area contributed by atoms with Crippen LogP contribution >= 0.6 is 11.6 Å². The van der Waals surface area contributed by atoms with Crippen LogP contribution in [0.1, 0.15) is 19.7 Å². The molecule has 4 nitrogen and oxygen atoms in total. The van der Waals surface area contributed by atoms with Gasteiger partial charge in [0.1, 0.15) is 5.82 Å². The SMILES string of the molecule is C/C=C/CN(CC)Cc1nc2cc(Cl)ccc2c(=O)[nH]1. The van der Waals surface area contributed by atoms with Crippen molar-refractivity contribution in [2.75, 3.05) is 13.1 Å². The van der Waals surface area contributed by atoms with Gasteiger partial charge in [0.15, 0.2) is 0 Å². The lowest BCUT2D eigenvalue weighted by molar-refractivity contribution is 0.303. The van der Waals surface area contributed by atoms with Crippen molar-refractivity contribution in [2.45, 2.75) is 20.4 Å². The first kappa shape index (κ1) is 14.8. The maximum atomic E-state index is 12.0. The minimum Gasteiger partial charge on any atom is -0.309 e. The Kier molecular flexibility index (Phi) is 4.93. The van der Waals surface area contributed by atoms with E-state index in [4.69, 9.17) is 11.6 Å². The summed E-state index contributed by atoms with van der Waals surface area (Å²) in [4.78, 5) is 21.5. The molecule has 0 bridgehead atoms. The lowest BCUT2D eigenvalue weighted by Crippen LogP contribution is -2.25. The fourth-order valence-electron chi connectivity index (χ4n) is 2.01. The molecule has 0 saturated carbocycles. The van der Waals surface area contributed by atoms with Crippen molar-refractivity contribution in [3.8, 4) is 0 Å². The molecule has 106 valence electrons. The molecular formula is C15H18ClN3O. The number of hydrogen-bond acceptors (Lipinski definition) is 3. The zero-order valence-corrected chi connectivity index (χ0v) is 12.4. The summed E-state index contributed by atoms with van der Waals surface area (Å²) in [6.07, 6.45) is 4.10. The van der Waals surface area contributed by atoms with Crippen molar-refractivity contribution in [3.63, 3.8) is 0 Å². The molecule has 1 heterocycles. The van der Waals surface area contributed by atoms with Gasteiger partial charge in [0.25, 0.3) is 5.56 Å². The van der Waals surface area contributed by atoms with Crippen LogP contribution in [0.15, 0.2) is 35.1 Å². The Morgan fingerprint density at radius 2 is 2.25 bits per heavy atom. The topological polar surface area (TPSA) is 49.0 Å². The number of nitrogens with one attached hydrogen (secondary N) is 1. The van der Waals surface area contributed by atoms with E-state index >= 15 is 0 Å². The van der Waals surface area contributed by atoms with Crippen LogP contribution in [-0.2, 0) is 6.54 Å². The highest BCUT2D eigenvalue weighted by atomic mass is 35.5. The Morgan fingerprint density at radius 3 is 2.95 bits per heavy atom. The van der Waals surface area contributed by atoms with E-state index in [0.29, 0.717) is 28.3 Å². The van der Waals surface area contributed by atoms with Crippen molar-refractivity contribution >= 4 is 22.5 Å². The number of aromatic amines is 1. The number of fused-ring (bicyclic) bond motifs is 1. The van der Waals surface area contributed by atoms with Crippen LogP contribution in [-0.4, -0.2) is 28.0 Å². The summed E-state index contributed by atoms with van der Waals surface area (Å²) < 4.78 is 0. The number of nitrogens with zero attached hydrogens (tertiary/aromatic N) is 2. The predicted molar refractivity (Wildman–Crippen MR) is 83.1 cm³/mol. The summed E-state index contributed by atoms with van der Waals surface area (Å²) in [6, 6.07) is 5.12. The second kappa shape index (κ2) is 6.68. The van der Waals surface area contributed by atoms with Crippen LogP contribution in [0.3, 0.4) is 0 Å². The van der Waals surface area contributed by atoms with Gasteiger partial charge in [-0.3, -0.25) is 9.69 Å². The molecular weight excluding hydrogens is 274 g/mol. The standard InChI is InChI=1S/C15H18ClN3O/c1-3-5-8-19(4-2)10-14-17-13-9-11(16)6-7-12(13)15(20)18-14/h3,5-7,9H,4,8,10H2,1-2H3,(H,17,18,20)/b5-3+. The first-order chi connectivity index (χ1) is 9.63. The Hall–Kier alpha value is -1.65. The summed E-state index contributed by atoms with van der Waals surface area (Å²) in [7, 11) is 0. The van der Waals surface area contributed by atoms with Gasteiger partial charge in [-0.25, -0.2) is 4.98 Å². The summed E-state index contributed by atoms with van der Waals surface area (Å²) in [5.41, 5.74) is 0.516. The van der Waals surface area contributed by atoms with Gasteiger partial charge in [0.05, 0.1) is 17.4 Å². The van der Waals surface area contributed by atoms with E-state index in [-0.39, 0.29) is 5.56 Å². The van der Waals surface area contributed by atoms with Gasteiger partial charge >= 0.3 is 0 Å². The third-order valence-electron chi connectivity index (χ3n) is 3.14. The molecule has 0 amide bonds. The molecule has 2 rings (SSSR count). The first-order valence-electron chi connectivity index (χ1n) is 6.66. The van der Waals surface area contributed by atoms with Gasteiger partial charge in [-0.2, -0.15) is 0 Å². The van der Waals surface area contributed by atoms with Crippen LogP contribution in [0.4, 0.5) is 0 Å². The highest BCUT2D eigenvalue weighted by molar-refractivity contribution is 6.31. The van der Waals surface area contributed by atoms with Gasteiger partial charge in [0, 0.05) is 11.6 Å². The van der Waals surface area contributed by atoms with Crippen molar-refractivity contribution in [1.82, 2.24) is 14.9 Å². The molecule has 0 aliphatic rings. The maximum Gasteiger partial charge on any atom is 0.258 e. The highest BCUT2D eigenvalue weighted by Gasteiger charge is 2.07. The number of likely N-dealkylation sites (N-methyl/N-ethyl adjacent to an activating group) is 1. The van der Waals surface area contributed by atoms with E-state index in [2.05, 4.69) is 27.9 Å². The van der Waals surface area contributed by atoms with Gasteiger partial charge in [-0.15, -0.1) is 0 Å². The molecule has 1 aromatic carbocycles. The molecule has 2 aromatic rings. The maximum absolute atomic E-state index is 12.0. The van der Waals surface area contributed by atoms with Crippen LogP contribution in [0.5, 0.6) is 0 Å². The van der Waals surface area contributed by atoms with Gasteiger partial charge in [-0.1, -0.05) is 30.7 Å². The summed E-state index contributed by atoms with van der Waals surface area (Å²) in [5, 5.41) is 1.15. The quantitative estimate of drug-likeness (QED) is 0.862. The van der Waals surface area contributed by atoms with Gasteiger partial charge < -0.3 is 4.98 Å². The van der Waals surface area contributed by atoms with Crippen LogP contribution in [0.2, 0.25) is 5.02 Å². The molecule has 0 saturated heterocycles. The molecule has 0 unspecified atom stereocenters. The first-order valence-corrected chi connectivity index (χ1v) is 7.03. The van der Waals surface area contributed by atoms with Crippen molar-refractivity contribution in [1.29, 1.82) is 0 Å². The smallest absolute Gasteiger partial charge is 0.258 e. The van der Waals surface area contributed by atoms with E-state index < -0.39 is 0 Å². The number of hydrogen-bond donors (Lipinski definition) is 1. The predicted octanol–water partition coefficient (Wildman–Crippen LogP) is 2.97. The molecule has 20 heavy (non-hydrogen) atoms. The molecule has 0 fully saturated rings. The van der Waals surface area contributed by atoms with E-state index in [1.807, 2.05) is 13.0 Å². The van der Waals surface area contributed by atoms with Crippen molar-refractivity contribution < 1.29 is 0 Å². The van der Waals surface area contributed by atoms with Crippen LogP contribution in [0.25, 0.3) is 10.9 Å². The molecule has 5 heteroatoms. The minimum absolute atomic E-state index is 0.122. The average Bonchev–Trinajstić information content (AvgIpc) is 2.42. The second-order valence-corrected chi connectivity index (χ2v) is 5.01. The number of H-pyrrole nitrogens is 1. The number of benzene rings is 1. The third-order valence-corrected chi connectivity index (χ3v) is 3.37. The van der Waals surface area contributed by atoms with Crippen LogP contribution < -0.4 is 5.56 Å². The summed E-state index contributed by atoms with van der Waals surface area (Å²) in [5.74, 6) is 0.663. The zero-order chi connectivity index (χ0) is 14.5. The van der Waals surface area contributed by atoms with E-state index in [1.54, 1.807) is 18.2 Å². The molecule has 0 radical (unpaired) electrons. The Morgan fingerprint density at radius 1 is 1.45 bits per heavy atom. The Balaban J connectivity index is 2.32. The Labute approximate surface area is 123 Å². The fourth-order valence-corrected chi connectivity index (χ4v) is 2.17. The molecule has 1 aromatic heterocycles. The minimum atomic E-state index is -0.122. The summed E-state index contributed by atoms with van der Waals surface area (Å²) >= 11 is 5.95. The normalized spacial score (nSPS) is 11.8. The number of allylic oxidation sites excluding steroid dienone is 1. The largest absolute Gasteiger partial charge is 0.309 e.